The Kier molecular flexibility index (Phi) is 6.75. The van der Waals surface area contributed by atoms with Crippen LogP contribution in [0.25, 0.3) is 0 Å². The van der Waals surface area contributed by atoms with Gasteiger partial charge < -0.3 is 9.84 Å². The molecule has 0 amide bonds. The van der Waals surface area contributed by atoms with Crippen molar-refractivity contribution in [3.63, 3.8) is 0 Å². The van der Waals surface area contributed by atoms with Crippen LogP contribution in [0.1, 0.15) is 19.8 Å². The molecule has 1 N–H and O–H groups in total. The number of halogens is 11. The van der Waals surface area contributed by atoms with Gasteiger partial charge in [0, 0.05) is 12.0 Å². The molecule has 0 bridgehead atoms. The molecule has 0 aliphatic heterocycles. The minimum absolute atomic E-state index is 0.727. The topological polar surface area (TPSA) is 46.5 Å². The second kappa shape index (κ2) is 7.19. The molecular formula is C12H11F11O3. The molecule has 0 rings (SSSR count). The van der Waals surface area contributed by atoms with Gasteiger partial charge in [-0.2, -0.15) is 48.3 Å². The van der Waals surface area contributed by atoms with Gasteiger partial charge in [-0.3, -0.25) is 0 Å². The molecule has 26 heavy (non-hydrogen) atoms. The zero-order valence-electron chi connectivity index (χ0n) is 12.6. The van der Waals surface area contributed by atoms with E-state index in [1.807, 2.05) is 0 Å². The maximum Gasteiger partial charge on any atom is 0.468 e. The lowest BCUT2D eigenvalue weighted by atomic mass is 9.95. The number of carbonyl (C=O) groups excluding carboxylic acids is 1. The summed E-state index contributed by atoms with van der Waals surface area (Å²) in [6.07, 6.45) is -23.5. The highest BCUT2D eigenvalue weighted by Crippen LogP contribution is 2.49. The van der Waals surface area contributed by atoms with Crippen molar-refractivity contribution in [3.05, 3.63) is 12.2 Å². The van der Waals surface area contributed by atoms with Crippen molar-refractivity contribution < 1.29 is 62.9 Å². The molecule has 0 heterocycles. The van der Waals surface area contributed by atoms with Gasteiger partial charge in [-0.1, -0.05) is 6.58 Å². The van der Waals surface area contributed by atoms with Gasteiger partial charge in [-0.05, 0) is 13.3 Å². The minimum Gasteiger partial charge on any atom is -0.393 e. The van der Waals surface area contributed by atoms with Crippen LogP contribution in [0.5, 0.6) is 0 Å². The van der Waals surface area contributed by atoms with Gasteiger partial charge >= 0.3 is 36.2 Å². The van der Waals surface area contributed by atoms with Gasteiger partial charge in [0.05, 0.1) is 0 Å². The Morgan fingerprint density at radius 2 is 1.35 bits per heavy atom. The van der Waals surface area contributed by atoms with Crippen molar-refractivity contribution in [1.82, 2.24) is 0 Å². The smallest absolute Gasteiger partial charge is 0.393 e. The number of ether oxygens (including phenoxy) is 1. The van der Waals surface area contributed by atoms with Crippen molar-refractivity contribution >= 4 is 5.97 Å². The molecule has 0 saturated heterocycles. The summed E-state index contributed by atoms with van der Waals surface area (Å²) < 4.78 is 143. The fourth-order valence-electron chi connectivity index (χ4n) is 1.49. The lowest BCUT2D eigenvalue weighted by Crippen LogP contribution is -2.59. The Bertz CT molecular complexity index is 520. The third kappa shape index (κ3) is 5.45. The number of hydrogen-bond acceptors (Lipinski definition) is 3. The summed E-state index contributed by atoms with van der Waals surface area (Å²) in [5.74, 6) is -18.5. The van der Waals surface area contributed by atoms with E-state index in [0.717, 1.165) is 6.92 Å². The van der Waals surface area contributed by atoms with Gasteiger partial charge in [0.25, 0.3) is 0 Å². The number of carbonyl (C=O) groups is 1. The molecule has 1 atom stereocenters. The third-order valence-corrected chi connectivity index (χ3v) is 2.98. The van der Waals surface area contributed by atoms with Crippen LogP contribution in [0.15, 0.2) is 12.2 Å². The second-order valence-electron chi connectivity index (χ2n) is 5.19. The summed E-state index contributed by atoms with van der Waals surface area (Å²) >= 11 is 0. The van der Waals surface area contributed by atoms with Crippen molar-refractivity contribution in [2.24, 2.45) is 5.92 Å². The van der Waals surface area contributed by atoms with Gasteiger partial charge in [0.2, 0.25) is 0 Å². The zero-order valence-corrected chi connectivity index (χ0v) is 12.6. The summed E-state index contributed by atoms with van der Waals surface area (Å²) in [6.45, 7) is 3.47. The van der Waals surface area contributed by atoms with Crippen LogP contribution in [0.2, 0.25) is 0 Å². The van der Waals surface area contributed by atoms with E-state index in [0.29, 0.717) is 0 Å². The lowest BCUT2D eigenvalue weighted by molar-refractivity contribution is -0.412. The van der Waals surface area contributed by atoms with E-state index in [4.69, 9.17) is 5.11 Å². The number of rotatable bonds is 7. The molecule has 0 saturated carbocycles. The molecule has 0 aromatic rings. The van der Waals surface area contributed by atoms with Crippen molar-refractivity contribution in [3.8, 4) is 0 Å². The molecule has 1 unspecified atom stereocenters. The van der Waals surface area contributed by atoms with Gasteiger partial charge in [-0.25, -0.2) is 4.79 Å². The van der Waals surface area contributed by atoms with Crippen LogP contribution in [-0.2, 0) is 9.53 Å². The highest BCUT2D eigenvalue weighted by Gasteiger charge is 2.72. The Hall–Kier alpha value is -1.60. The van der Waals surface area contributed by atoms with Crippen LogP contribution in [0, 0.1) is 5.92 Å². The molecule has 0 fully saturated rings. The standard InChI is InChI=1S/C12H11F11O3/c1-5(2)7(24)26-12(22,23)11(21,25)8(13,14)4-3-6(9(15,16)17)10(18,19)20/h6,25H,1,3-4H2,2H3. The summed E-state index contributed by atoms with van der Waals surface area (Å²) in [7, 11) is 0. The van der Waals surface area contributed by atoms with Crippen LogP contribution < -0.4 is 0 Å². The molecular weight excluding hydrogens is 401 g/mol. The van der Waals surface area contributed by atoms with E-state index in [1.54, 1.807) is 0 Å². The molecule has 0 aromatic carbocycles. The fraction of sp³-hybridized carbons (Fsp3) is 0.750. The van der Waals surface area contributed by atoms with Crippen LogP contribution in [-0.4, -0.2) is 41.3 Å². The molecule has 0 radical (unpaired) electrons. The number of esters is 1. The lowest BCUT2D eigenvalue weighted by Gasteiger charge is -2.34. The first-order chi connectivity index (χ1) is 11.2. The summed E-state index contributed by atoms with van der Waals surface area (Å²) in [5, 5.41) is 8.68. The SMILES string of the molecule is C=C(C)C(=O)OC(F)(F)C(O)(F)C(F)(F)CCC(C(F)(F)F)C(F)(F)F. The molecule has 0 aliphatic carbocycles. The molecule has 154 valence electrons. The Morgan fingerprint density at radius 3 is 1.65 bits per heavy atom. The Morgan fingerprint density at radius 1 is 0.962 bits per heavy atom. The van der Waals surface area contributed by atoms with E-state index in [2.05, 4.69) is 11.3 Å². The molecule has 0 spiro atoms. The fourth-order valence-corrected chi connectivity index (χ4v) is 1.49. The summed E-state index contributed by atoms with van der Waals surface area (Å²) in [6, 6.07) is 0. The van der Waals surface area contributed by atoms with Crippen molar-refractivity contribution in [2.45, 2.75) is 50.0 Å². The maximum absolute atomic E-state index is 13.5. The number of hydrogen-bond donors (Lipinski definition) is 1. The van der Waals surface area contributed by atoms with Crippen LogP contribution >= 0.6 is 0 Å². The Labute approximate surface area is 138 Å². The van der Waals surface area contributed by atoms with E-state index >= 15 is 0 Å². The first kappa shape index (κ1) is 24.4. The van der Waals surface area contributed by atoms with Crippen molar-refractivity contribution in [1.29, 1.82) is 0 Å². The van der Waals surface area contributed by atoms with E-state index in [1.165, 1.54) is 0 Å². The van der Waals surface area contributed by atoms with Crippen LogP contribution in [0.3, 0.4) is 0 Å². The highest BCUT2D eigenvalue weighted by molar-refractivity contribution is 5.87. The predicted molar refractivity (Wildman–Crippen MR) is 61.7 cm³/mol. The average Bonchev–Trinajstić information content (AvgIpc) is 2.33. The molecule has 3 nitrogen and oxygen atoms in total. The van der Waals surface area contributed by atoms with Gasteiger partial charge in [-0.15, -0.1) is 0 Å². The first-order valence-electron chi connectivity index (χ1n) is 6.36. The quantitative estimate of drug-likeness (QED) is 0.380. The van der Waals surface area contributed by atoms with Gasteiger partial charge in [0.1, 0.15) is 0 Å². The second-order valence-corrected chi connectivity index (χ2v) is 5.19. The minimum atomic E-state index is -6.09. The number of alkyl halides is 11. The maximum atomic E-state index is 13.5. The highest BCUT2D eigenvalue weighted by atomic mass is 19.4. The normalized spacial score (nSPS) is 16.4. The van der Waals surface area contributed by atoms with Crippen LogP contribution in [0.4, 0.5) is 48.3 Å². The van der Waals surface area contributed by atoms with E-state index in [-0.39, 0.29) is 0 Å². The van der Waals surface area contributed by atoms with Crippen molar-refractivity contribution in [2.75, 3.05) is 0 Å². The van der Waals surface area contributed by atoms with Gasteiger partial charge in [0.15, 0.2) is 5.92 Å². The summed E-state index contributed by atoms with van der Waals surface area (Å²) in [5.41, 5.74) is -0.849. The van der Waals surface area contributed by atoms with E-state index < -0.39 is 60.5 Å². The molecule has 0 aromatic heterocycles. The third-order valence-electron chi connectivity index (χ3n) is 2.98. The average molecular weight is 412 g/mol. The summed E-state index contributed by atoms with van der Waals surface area (Å²) in [4.78, 5) is 10.8. The Balaban J connectivity index is 5.52. The predicted octanol–water partition coefficient (Wildman–Crippen LogP) is 4.51. The first-order valence-corrected chi connectivity index (χ1v) is 6.36. The largest absolute Gasteiger partial charge is 0.468 e. The number of aliphatic hydroxyl groups is 1. The van der Waals surface area contributed by atoms with E-state index in [9.17, 15) is 53.1 Å². The zero-order chi connectivity index (χ0) is 21.4. The molecule has 0 aliphatic rings. The molecule has 14 heteroatoms. The monoisotopic (exact) mass is 412 g/mol.